The first-order valence-corrected chi connectivity index (χ1v) is 8.51. The molecule has 2 heterocycles. The summed E-state index contributed by atoms with van der Waals surface area (Å²) in [5.41, 5.74) is -0.406. The molecule has 132 valence electrons. The molecule has 1 fully saturated rings. The first-order chi connectivity index (χ1) is 11.1. The molecule has 3 atom stereocenters. The van der Waals surface area contributed by atoms with E-state index >= 15 is 0 Å². The summed E-state index contributed by atoms with van der Waals surface area (Å²) >= 11 is 0. The predicted octanol–water partition coefficient (Wildman–Crippen LogP) is 2.07. The van der Waals surface area contributed by atoms with Crippen LogP contribution in [-0.4, -0.2) is 56.8 Å². The van der Waals surface area contributed by atoms with Gasteiger partial charge in [0.15, 0.2) is 0 Å². The van der Waals surface area contributed by atoms with E-state index in [1.165, 1.54) is 0 Å². The second-order valence-electron chi connectivity index (χ2n) is 7.73. The van der Waals surface area contributed by atoms with Gasteiger partial charge >= 0.3 is 0 Å². The molecule has 0 unspecified atom stereocenters. The summed E-state index contributed by atoms with van der Waals surface area (Å²) in [6.45, 7) is 12.7. The normalized spacial score (nSPS) is 23.1. The Bertz CT molecular complexity index is 585. The van der Waals surface area contributed by atoms with Crippen LogP contribution in [0.1, 0.15) is 53.3 Å². The number of rotatable bonds is 2. The monoisotopic (exact) mass is 332 g/mol. The van der Waals surface area contributed by atoms with Crippen molar-refractivity contribution in [2.24, 2.45) is 5.41 Å². The molecule has 1 aromatic heterocycles. The molecule has 0 N–H and O–H groups in total. The fourth-order valence-electron chi connectivity index (χ4n) is 3.27. The summed E-state index contributed by atoms with van der Waals surface area (Å²) < 4.78 is 0. The summed E-state index contributed by atoms with van der Waals surface area (Å²) in [5.74, 6) is 0.299. The van der Waals surface area contributed by atoms with Gasteiger partial charge in [-0.25, -0.2) is 9.97 Å². The Morgan fingerprint density at radius 2 is 1.62 bits per heavy atom. The van der Waals surface area contributed by atoms with Crippen LogP contribution in [-0.2, 0) is 9.59 Å². The first-order valence-electron chi connectivity index (χ1n) is 8.51. The molecular weight excluding hydrogens is 304 g/mol. The number of hydrogen-bond donors (Lipinski definition) is 0. The zero-order valence-corrected chi connectivity index (χ0v) is 15.5. The van der Waals surface area contributed by atoms with Crippen molar-refractivity contribution >= 4 is 11.8 Å². The predicted molar refractivity (Wildman–Crippen MR) is 92.3 cm³/mol. The number of amides is 2. The maximum absolute atomic E-state index is 12.9. The van der Waals surface area contributed by atoms with E-state index in [4.69, 9.17) is 0 Å². The minimum Gasteiger partial charge on any atom is -0.338 e. The molecule has 0 aliphatic carbocycles. The van der Waals surface area contributed by atoms with Gasteiger partial charge in [0, 0.05) is 43.0 Å². The van der Waals surface area contributed by atoms with Crippen molar-refractivity contribution in [1.29, 1.82) is 0 Å². The molecule has 0 radical (unpaired) electrons. The van der Waals surface area contributed by atoms with Crippen LogP contribution in [0, 0.1) is 5.41 Å². The number of carbonyl (C=O) groups excluding carboxylic acids is 2. The minimum atomic E-state index is -0.406. The van der Waals surface area contributed by atoms with E-state index in [0.29, 0.717) is 18.9 Å². The van der Waals surface area contributed by atoms with Gasteiger partial charge in [-0.05, 0) is 26.8 Å². The van der Waals surface area contributed by atoms with Crippen molar-refractivity contribution < 1.29 is 9.59 Å². The first kappa shape index (κ1) is 18.4. The van der Waals surface area contributed by atoms with E-state index in [0.717, 1.165) is 0 Å². The molecule has 6 heteroatoms. The number of hydrogen-bond acceptors (Lipinski definition) is 4. The number of carbonyl (C=O) groups is 2. The number of piperazine rings is 1. The molecule has 1 aliphatic rings. The highest BCUT2D eigenvalue weighted by Crippen LogP contribution is 2.25. The summed E-state index contributed by atoms with van der Waals surface area (Å²) in [5, 5.41) is 0. The third-order valence-electron chi connectivity index (χ3n) is 4.45. The zero-order valence-electron chi connectivity index (χ0n) is 15.5. The van der Waals surface area contributed by atoms with E-state index in [-0.39, 0.29) is 29.8 Å². The molecular formula is C18H28N4O2. The topological polar surface area (TPSA) is 66.4 Å². The van der Waals surface area contributed by atoms with Crippen LogP contribution in [0.3, 0.4) is 0 Å². The molecule has 1 aromatic rings. The molecule has 0 spiro atoms. The van der Waals surface area contributed by atoms with Gasteiger partial charge in [0.2, 0.25) is 11.8 Å². The van der Waals surface area contributed by atoms with Crippen LogP contribution in [0.15, 0.2) is 18.5 Å². The van der Waals surface area contributed by atoms with E-state index < -0.39 is 5.41 Å². The highest BCUT2D eigenvalue weighted by atomic mass is 16.2. The van der Waals surface area contributed by atoms with Gasteiger partial charge in [0.25, 0.3) is 0 Å². The summed E-state index contributed by atoms with van der Waals surface area (Å²) in [6.07, 6.45) is 3.30. The second kappa shape index (κ2) is 6.87. The van der Waals surface area contributed by atoms with E-state index in [2.05, 4.69) is 9.97 Å². The van der Waals surface area contributed by atoms with Crippen molar-refractivity contribution in [3.63, 3.8) is 0 Å². The summed E-state index contributed by atoms with van der Waals surface area (Å²) in [7, 11) is 0. The summed E-state index contributed by atoms with van der Waals surface area (Å²) in [4.78, 5) is 37.6. The molecule has 2 amide bonds. The van der Waals surface area contributed by atoms with Crippen LogP contribution in [0.5, 0.6) is 0 Å². The van der Waals surface area contributed by atoms with Crippen molar-refractivity contribution in [2.75, 3.05) is 13.1 Å². The standard InChI is InChI=1S/C18H28N4O2/c1-12-10-21(17(24)18(4,5)6)11-13(2)22(12)16(23)14(3)15-19-8-7-9-20-15/h7-9,12-14H,10-11H2,1-6H3/t12-,13-,14+/m1/s1. The van der Waals surface area contributed by atoms with Crippen LogP contribution in [0.2, 0.25) is 0 Å². The maximum atomic E-state index is 12.9. The molecule has 24 heavy (non-hydrogen) atoms. The average Bonchev–Trinajstić information content (AvgIpc) is 2.52. The van der Waals surface area contributed by atoms with Gasteiger partial charge < -0.3 is 9.80 Å². The number of nitrogens with zero attached hydrogens (tertiary/aromatic N) is 4. The Labute approximate surface area is 144 Å². The van der Waals surface area contributed by atoms with E-state index in [9.17, 15) is 9.59 Å². The van der Waals surface area contributed by atoms with Crippen LogP contribution < -0.4 is 0 Å². The molecule has 2 rings (SSSR count). The van der Waals surface area contributed by atoms with Crippen LogP contribution in [0.4, 0.5) is 0 Å². The molecule has 0 aromatic carbocycles. The maximum Gasteiger partial charge on any atom is 0.233 e. The van der Waals surface area contributed by atoms with Crippen molar-refractivity contribution in [1.82, 2.24) is 19.8 Å². The van der Waals surface area contributed by atoms with Gasteiger partial charge in [0.1, 0.15) is 5.82 Å². The molecule has 6 nitrogen and oxygen atoms in total. The zero-order chi connectivity index (χ0) is 18.1. The lowest BCUT2D eigenvalue weighted by Crippen LogP contribution is -2.61. The third-order valence-corrected chi connectivity index (χ3v) is 4.45. The van der Waals surface area contributed by atoms with Crippen LogP contribution >= 0.6 is 0 Å². The lowest BCUT2D eigenvalue weighted by Gasteiger charge is -2.46. The Kier molecular flexibility index (Phi) is 5.26. The minimum absolute atomic E-state index is 0.0176. The highest BCUT2D eigenvalue weighted by Gasteiger charge is 2.39. The fraction of sp³-hybridized carbons (Fsp3) is 0.667. The Hall–Kier alpha value is -1.98. The lowest BCUT2D eigenvalue weighted by atomic mass is 9.93. The fourth-order valence-corrected chi connectivity index (χ4v) is 3.27. The Morgan fingerprint density at radius 3 is 2.08 bits per heavy atom. The highest BCUT2D eigenvalue weighted by molar-refractivity contribution is 5.84. The Balaban J connectivity index is 2.13. The van der Waals surface area contributed by atoms with E-state index in [1.807, 2.05) is 51.3 Å². The van der Waals surface area contributed by atoms with Gasteiger partial charge in [-0.15, -0.1) is 0 Å². The van der Waals surface area contributed by atoms with Gasteiger partial charge in [-0.1, -0.05) is 20.8 Å². The third kappa shape index (κ3) is 3.74. The quantitative estimate of drug-likeness (QED) is 0.831. The van der Waals surface area contributed by atoms with Crippen molar-refractivity contribution in [2.45, 2.75) is 59.5 Å². The van der Waals surface area contributed by atoms with Gasteiger partial charge in [0.05, 0.1) is 5.92 Å². The average molecular weight is 332 g/mol. The largest absolute Gasteiger partial charge is 0.338 e. The molecule has 1 aliphatic heterocycles. The lowest BCUT2D eigenvalue weighted by molar-refractivity contribution is -0.151. The smallest absolute Gasteiger partial charge is 0.233 e. The number of aromatic nitrogens is 2. The molecule has 0 bridgehead atoms. The summed E-state index contributed by atoms with van der Waals surface area (Å²) in [6, 6.07) is 1.68. The molecule has 1 saturated heterocycles. The molecule has 0 saturated carbocycles. The Morgan fingerprint density at radius 1 is 1.12 bits per heavy atom. The van der Waals surface area contributed by atoms with Crippen LogP contribution in [0.25, 0.3) is 0 Å². The van der Waals surface area contributed by atoms with Crippen molar-refractivity contribution in [3.8, 4) is 0 Å². The van der Waals surface area contributed by atoms with Gasteiger partial charge in [-0.3, -0.25) is 9.59 Å². The SMILES string of the molecule is C[C@H](C(=O)N1[C@H](C)CN(C(=O)C(C)(C)C)C[C@H]1C)c1ncccn1. The van der Waals surface area contributed by atoms with Crippen molar-refractivity contribution in [3.05, 3.63) is 24.3 Å². The van der Waals surface area contributed by atoms with E-state index in [1.54, 1.807) is 18.5 Å². The van der Waals surface area contributed by atoms with Gasteiger partial charge in [-0.2, -0.15) is 0 Å². The second-order valence-corrected chi connectivity index (χ2v) is 7.73.